The molecular weight excluding hydrogens is 283 g/mol. The molecule has 1 aromatic rings. The Kier molecular flexibility index (Phi) is 6.76. The van der Waals surface area contributed by atoms with Crippen LogP contribution in [0.2, 0.25) is 0 Å². The molecule has 6 heteroatoms. The van der Waals surface area contributed by atoms with Gasteiger partial charge in [0.15, 0.2) is 0 Å². The fourth-order valence-corrected chi connectivity index (χ4v) is 1.62. The van der Waals surface area contributed by atoms with Crippen LogP contribution in [0, 0.1) is 11.8 Å². The third-order valence-electron chi connectivity index (χ3n) is 2.58. The molecule has 0 aromatic heterocycles. The summed E-state index contributed by atoms with van der Waals surface area (Å²) in [6, 6.07) is 7.32. The average molecular weight is 299 g/mol. The Morgan fingerprint density at radius 3 is 2.76 bits per heavy atom. The van der Waals surface area contributed by atoms with Crippen LogP contribution >= 0.6 is 0 Å². The number of amides is 1. The maximum atomic E-state index is 12.0. The second-order valence-corrected chi connectivity index (χ2v) is 4.33. The summed E-state index contributed by atoms with van der Waals surface area (Å²) in [4.78, 5) is 10.6. The normalized spacial score (nSPS) is 10.7. The molecule has 0 aliphatic carbocycles. The molecule has 1 aromatic carbocycles. The fourth-order valence-electron chi connectivity index (χ4n) is 1.62. The number of alkyl halides is 3. The van der Waals surface area contributed by atoms with Gasteiger partial charge in [-0.2, -0.15) is 13.2 Å². The maximum Gasteiger partial charge on any atom is 0.471 e. The van der Waals surface area contributed by atoms with Crippen LogP contribution < -0.4 is 5.32 Å². The van der Waals surface area contributed by atoms with Crippen LogP contribution in [0.25, 0.3) is 0 Å². The van der Waals surface area contributed by atoms with Crippen LogP contribution in [0.1, 0.15) is 24.0 Å². The Labute approximate surface area is 121 Å². The summed E-state index contributed by atoms with van der Waals surface area (Å²) in [5.41, 5.74) is 1.73. The highest BCUT2D eigenvalue weighted by Gasteiger charge is 2.38. The summed E-state index contributed by atoms with van der Waals surface area (Å²) < 4.78 is 35.9. The van der Waals surface area contributed by atoms with Gasteiger partial charge in [0.05, 0.1) is 6.61 Å². The molecule has 0 spiro atoms. The summed E-state index contributed by atoms with van der Waals surface area (Å²) in [6.45, 7) is -0.0235. The highest BCUT2D eigenvalue weighted by molar-refractivity contribution is 5.81. The minimum atomic E-state index is -4.83. The van der Waals surface area contributed by atoms with Gasteiger partial charge in [-0.05, 0) is 30.5 Å². The second kappa shape index (κ2) is 8.32. The van der Waals surface area contributed by atoms with Crippen molar-refractivity contribution in [3.63, 3.8) is 0 Å². The molecule has 2 N–H and O–H groups in total. The van der Waals surface area contributed by atoms with Crippen molar-refractivity contribution in [2.45, 2.75) is 25.4 Å². The van der Waals surface area contributed by atoms with Gasteiger partial charge < -0.3 is 10.4 Å². The zero-order chi connectivity index (χ0) is 15.7. The van der Waals surface area contributed by atoms with Crippen molar-refractivity contribution in [3.05, 3.63) is 35.4 Å². The molecule has 114 valence electrons. The third kappa shape index (κ3) is 6.82. The SMILES string of the molecule is O=C(NCCCc1cccc(C#CCCO)c1)C(F)(F)F. The Morgan fingerprint density at radius 1 is 1.33 bits per heavy atom. The van der Waals surface area contributed by atoms with Crippen molar-refractivity contribution in [1.29, 1.82) is 0 Å². The van der Waals surface area contributed by atoms with E-state index in [0.717, 1.165) is 11.1 Å². The van der Waals surface area contributed by atoms with Crippen molar-refractivity contribution >= 4 is 5.91 Å². The zero-order valence-electron chi connectivity index (χ0n) is 11.3. The van der Waals surface area contributed by atoms with E-state index in [-0.39, 0.29) is 13.2 Å². The van der Waals surface area contributed by atoms with Crippen molar-refractivity contribution in [1.82, 2.24) is 5.32 Å². The number of aliphatic hydroxyl groups excluding tert-OH is 1. The van der Waals surface area contributed by atoms with Crippen molar-refractivity contribution in [2.24, 2.45) is 0 Å². The number of rotatable bonds is 5. The molecule has 0 aliphatic rings. The first kappa shape index (κ1) is 17.1. The molecule has 0 fully saturated rings. The number of aryl methyl sites for hydroxylation is 1. The van der Waals surface area contributed by atoms with E-state index < -0.39 is 12.1 Å². The maximum absolute atomic E-state index is 12.0. The Balaban J connectivity index is 2.41. The summed E-state index contributed by atoms with van der Waals surface area (Å²) in [5.74, 6) is 3.77. The summed E-state index contributed by atoms with van der Waals surface area (Å²) in [7, 11) is 0. The second-order valence-electron chi connectivity index (χ2n) is 4.33. The summed E-state index contributed by atoms with van der Waals surface area (Å²) in [5, 5.41) is 10.5. The zero-order valence-corrected chi connectivity index (χ0v) is 11.3. The topological polar surface area (TPSA) is 49.3 Å². The molecule has 0 atom stereocenters. The average Bonchev–Trinajstić information content (AvgIpc) is 2.43. The molecule has 0 saturated carbocycles. The molecule has 0 saturated heterocycles. The van der Waals surface area contributed by atoms with Gasteiger partial charge in [0.25, 0.3) is 0 Å². The quantitative estimate of drug-likeness (QED) is 0.645. The van der Waals surface area contributed by atoms with Crippen LogP contribution in [-0.2, 0) is 11.2 Å². The molecule has 0 heterocycles. The lowest BCUT2D eigenvalue weighted by Gasteiger charge is -2.07. The monoisotopic (exact) mass is 299 g/mol. The molecule has 0 bridgehead atoms. The van der Waals surface area contributed by atoms with Crippen molar-refractivity contribution in [3.8, 4) is 11.8 Å². The molecule has 1 rings (SSSR count). The molecule has 0 aliphatic heterocycles. The van der Waals surface area contributed by atoms with E-state index >= 15 is 0 Å². The van der Waals surface area contributed by atoms with E-state index in [2.05, 4.69) is 11.8 Å². The first-order chi connectivity index (χ1) is 9.93. The highest BCUT2D eigenvalue weighted by Crippen LogP contribution is 2.14. The van der Waals surface area contributed by atoms with E-state index in [1.54, 1.807) is 0 Å². The predicted octanol–water partition coefficient (Wildman–Crippen LogP) is 2.03. The Bertz CT molecular complexity index is 530. The molecule has 3 nitrogen and oxygen atoms in total. The van der Waals surface area contributed by atoms with E-state index in [9.17, 15) is 18.0 Å². The van der Waals surface area contributed by atoms with Crippen LogP contribution in [0.4, 0.5) is 13.2 Å². The lowest BCUT2D eigenvalue weighted by Crippen LogP contribution is -2.37. The number of halogens is 3. The standard InChI is InChI=1S/C15H16F3NO2/c16-15(17,18)14(21)19-9-4-8-13-7-3-6-12(11-13)5-1-2-10-20/h3,6-7,11,20H,2,4,8-10H2,(H,19,21). The summed E-state index contributed by atoms with van der Waals surface area (Å²) >= 11 is 0. The van der Waals surface area contributed by atoms with Crippen molar-refractivity contribution in [2.75, 3.05) is 13.2 Å². The number of nitrogens with one attached hydrogen (secondary N) is 1. The van der Waals surface area contributed by atoms with Gasteiger partial charge in [-0.1, -0.05) is 24.0 Å². The van der Waals surface area contributed by atoms with E-state index in [1.807, 2.05) is 29.6 Å². The van der Waals surface area contributed by atoms with Gasteiger partial charge in [0.2, 0.25) is 0 Å². The lowest BCUT2D eigenvalue weighted by atomic mass is 10.1. The first-order valence-electron chi connectivity index (χ1n) is 6.47. The number of hydrogen-bond donors (Lipinski definition) is 2. The number of carbonyl (C=O) groups is 1. The van der Waals surface area contributed by atoms with E-state index in [1.165, 1.54) is 0 Å². The largest absolute Gasteiger partial charge is 0.471 e. The van der Waals surface area contributed by atoms with E-state index in [0.29, 0.717) is 19.3 Å². The molecule has 21 heavy (non-hydrogen) atoms. The number of hydrogen-bond acceptors (Lipinski definition) is 2. The number of carbonyl (C=O) groups excluding carboxylic acids is 1. The van der Waals surface area contributed by atoms with E-state index in [4.69, 9.17) is 5.11 Å². The van der Waals surface area contributed by atoms with Gasteiger partial charge in [-0.3, -0.25) is 4.79 Å². The van der Waals surface area contributed by atoms with Crippen LogP contribution in [-0.4, -0.2) is 30.3 Å². The lowest BCUT2D eigenvalue weighted by molar-refractivity contribution is -0.173. The van der Waals surface area contributed by atoms with Crippen LogP contribution in [0.3, 0.4) is 0 Å². The van der Waals surface area contributed by atoms with Crippen LogP contribution in [0.5, 0.6) is 0 Å². The minimum Gasteiger partial charge on any atom is -0.395 e. The Morgan fingerprint density at radius 2 is 2.10 bits per heavy atom. The molecule has 0 unspecified atom stereocenters. The number of benzene rings is 1. The Hall–Kier alpha value is -2.00. The van der Waals surface area contributed by atoms with Crippen molar-refractivity contribution < 1.29 is 23.1 Å². The van der Waals surface area contributed by atoms with Gasteiger partial charge in [0.1, 0.15) is 0 Å². The summed E-state index contributed by atoms with van der Waals surface area (Å²) in [6.07, 6.45) is -3.47. The van der Waals surface area contributed by atoms with Crippen LogP contribution in [0.15, 0.2) is 24.3 Å². The third-order valence-corrected chi connectivity index (χ3v) is 2.58. The molecule has 0 radical (unpaired) electrons. The first-order valence-corrected chi connectivity index (χ1v) is 6.47. The molecule has 1 amide bonds. The fraction of sp³-hybridized carbons (Fsp3) is 0.400. The predicted molar refractivity (Wildman–Crippen MR) is 72.4 cm³/mol. The van der Waals surface area contributed by atoms with Gasteiger partial charge in [0, 0.05) is 18.5 Å². The highest BCUT2D eigenvalue weighted by atomic mass is 19.4. The van der Waals surface area contributed by atoms with Gasteiger partial charge in [-0.25, -0.2) is 0 Å². The smallest absolute Gasteiger partial charge is 0.395 e. The molecular formula is C15H16F3NO2. The minimum absolute atomic E-state index is 0.00555. The number of aliphatic hydroxyl groups is 1. The van der Waals surface area contributed by atoms with Gasteiger partial charge in [-0.15, -0.1) is 0 Å². The van der Waals surface area contributed by atoms with Gasteiger partial charge >= 0.3 is 12.1 Å².